The van der Waals surface area contributed by atoms with Gasteiger partial charge in [-0.3, -0.25) is 28.9 Å². The second-order valence-corrected chi connectivity index (χ2v) is 14.0. The third-order valence-corrected chi connectivity index (χ3v) is 11.0. The van der Waals surface area contributed by atoms with E-state index in [1.165, 1.54) is 11.3 Å². The zero-order valence-electron chi connectivity index (χ0n) is 24.1. The maximum absolute atomic E-state index is 13.5. The zero-order valence-corrected chi connectivity index (χ0v) is 25.8. The van der Waals surface area contributed by atoms with Crippen molar-refractivity contribution in [3.8, 4) is 0 Å². The molecule has 2 aliphatic heterocycles. The number of carbonyl (C=O) groups excluding carboxylic acids is 5. The highest BCUT2D eigenvalue weighted by Crippen LogP contribution is 2.50. The highest BCUT2D eigenvalue weighted by atomic mass is 32.2. The van der Waals surface area contributed by atoms with Crippen LogP contribution in [0.3, 0.4) is 0 Å². The van der Waals surface area contributed by atoms with Gasteiger partial charge in [0.1, 0.15) is 6.04 Å². The predicted molar refractivity (Wildman–Crippen MR) is 161 cm³/mol. The monoisotopic (exact) mass is 589 g/mol. The van der Waals surface area contributed by atoms with Gasteiger partial charge in [-0.25, -0.2) is 0 Å². The molecule has 1 N–H and O–H groups in total. The third kappa shape index (κ3) is 8.42. The fourth-order valence-electron chi connectivity index (χ4n) is 5.44. The van der Waals surface area contributed by atoms with E-state index in [2.05, 4.69) is 17.1 Å². The molecule has 10 heteroatoms. The highest BCUT2D eigenvalue weighted by molar-refractivity contribution is 8.18. The molecule has 40 heavy (non-hydrogen) atoms. The molecular formula is C30H43N3O5S2. The lowest BCUT2D eigenvalue weighted by Crippen LogP contribution is -2.40. The summed E-state index contributed by atoms with van der Waals surface area (Å²) >= 11 is 3.91. The summed E-state index contributed by atoms with van der Waals surface area (Å²) in [6.45, 7) is 5.65. The van der Waals surface area contributed by atoms with Crippen molar-refractivity contribution in [3.63, 3.8) is 0 Å². The first-order chi connectivity index (χ1) is 19.1. The third-order valence-electron chi connectivity index (χ3n) is 7.62. The Morgan fingerprint density at radius 2 is 1.73 bits per heavy atom. The molecular weight excluding hydrogens is 546 g/mol. The molecule has 0 aliphatic carbocycles. The second kappa shape index (κ2) is 15.2. The molecule has 1 aromatic carbocycles. The average Bonchev–Trinajstić information content (AvgIpc) is 3.32. The lowest BCUT2D eigenvalue weighted by molar-refractivity contribution is -0.141. The van der Waals surface area contributed by atoms with Crippen molar-refractivity contribution < 1.29 is 24.0 Å². The number of thioether (sulfide) groups is 2. The van der Waals surface area contributed by atoms with Gasteiger partial charge in [-0.1, -0.05) is 50.6 Å². The summed E-state index contributed by atoms with van der Waals surface area (Å²) in [5.41, 5.74) is 0.637. The van der Waals surface area contributed by atoms with Crippen LogP contribution in [0, 0.1) is 5.92 Å². The SMILES string of the molecule is CCCC(CC(=O)[C@@H]1CC2(CN1CC)SCCCS2)C(=O)C(=O)CCC(=O)N[C@H](C(=O)N(C)C)c1ccccc1. The van der Waals surface area contributed by atoms with Crippen LogP contribution in [0.25, 0.3) is 0 Å². The molecule has 0 saturated carbocycles. The van der Waals surface area contributed by atoms with E-state index in [9.17, 15) is 24.0 Å². The van der Waals surface area contributed by atoms with Crippen LogP contribution in [-0.4, -0.2) is 87.8 Å². The van der Waals surface area contributed by atoms with E-state index < -0.39 is 29.4 Å². The maximum Gasteiger partial charge on any atom is 0.249 e. The summed E-state index contributed by atoms with van der Waals surface area (Å²) in [4.78, 5) is 68.6. The number of nitrogens with zero attached hydrogens (tertiary/aromatic N) is 2. The van der Waals surface area contributed by atoms with Crippen LogP contribution in [0.1, 0.15) is 70.4 Å². The molecule has 2 aliphatic rings. The average molecular weight is 590 g/mol. The lowest BCUT2D eigenvalue weighted by atomic mass is 9.87. The Hall–Kier alpha value is -2.17. The molecule has 3 rings (SSSR count). The van der Waals surface area contributed by atoms with Crippen molar-refractivity contribution in [2.45, 2.75) is 75.0 Å². The topological polar surface area (TPSA) is 104 Å². The number of rotatable bonds is 14. The summed E-state index contributed by atoms with van der Waals surface area (Å²) in [5.74, 6) is -0.374. The summed E-state index contributed by atoms with van der Waals surface area (Å²) in [6.07, 6.45) is 2.72. The van der Waals surface area contributed by atoms with Crippen LogP contribution in [-0.2, 0) is 24.0 Å². The molecule has 2 saturated heterocycles. The number of benzene rings is 1. The van der Waals surface area contributed by atoms with Gasteiger partial charge in [0.2, 0.25) is 17.6 Å². The Morgan fingerprint density at radius 3 is 2.33 bits per heavy atom. The minimum Gasteiger partial charge on any atom is -0.347 e. The molecule has 2 amide bonds. The van der Waals surface area contributed by atoms with Gasteiger partial charge in [0.15, 0.2) is 11.6 Å². The largest absolute Gasteiger partial charge is 0.347 e. The van der Waals surface area contributed by atoms with Gasteiger partial charge in [-0.05, 0) is 42.9 Å². The Morgan fingerprint density at radius 1 is 1.05 bits per heavy atom. The van der Waals surface area contributed by atoms with E-state index in [1.807, 2.05) is 36.5 Å². The molecule has 8 nitrogen and oxygen atoms in total. The number of carbonyl (C=O) groups is 5. The zero-order chi connectivity index (χ0) is 29.3. The highest BCUT2D eigenvalue weighted by Gasteiger charge is 2.48. The van der Waals surface area contributed by atoms with Crippen LogP contribution in [0.5, 0.6) is 0 Å². The number of hydrogen-bond donors (Lipinski definition) is 1. The Labute approximate surface area is 246 Å². The maximum atomic E-state index is 13.5. The van der Waals surface area contributed by atoms with Crippen LogP contribution in [0.4, 0.5) is 0 Å². The molecule has 0 bridgehead atoms. The number of likely N-dealkylation sites (N-methyl/N-ethyl adjacent to an activating group) is 2. The Balaban J connectivity index is 1.58. The number of likely N-dealkylation sites (tertiary alicyclic amines) is 1. The lowest BCUT2D eigenvalue weighted by Gasteiger charge is -2.31. The molecule has 220 valence electrons. The number of ketones is 3. The molecule has 0 aromatic heterocycles. The van der Waals surface area contributed by atoms with Crippen LogP contribution in [0.2, 0.25) is 0 Å². The molecule has 1 spiro atoms. The first-order valence-corrected chi connectivity index (χ1v) is 16.2. The molecule has 2 fully saturated rings. The minimum absolute atomic E-state index is 0.0377. The van der Waals surface area contributed by atoms with Crippen LogP contribution in [0.15, 0.2) is 30.3 Å². The fourth-order valence-corrected chi connectivity index (χ4v) is 8.84. The van der Waals surface area contributed by atoms with E-state index in [4.69, 9.17) is 0 Å². The van der Waals surface area contributed by atoms with Crippen molar-refractivity contribution in [1.29, 1.82) is 0 Å². The van der Waals surface area contributed by atoms with Crippen molar-refractivity contribution in [3.05, 3.63) is 35.9 Å². The second-order valence-electron chi connectivity index (χ2n) is 10.8. The van der Waals surface area contributed by atoms with Crippen LogP contribution < -0.4 is 5.32 Å². The van der Waals surface area contributed by atoms with E-state index >= 15 is 0 Å². The molecule has 2 heterocycles. The number of Topliss-reactive ketones (excluding diaryl/α,β-unsaturated/α-hetero) is 3. The van der Waals surface area contributed by atoms with Crippen molar-refractivity contribution in [2.24, 2.45) is 5.92 Å². The van der Waals surface area contributed by atoms with Gasteiger partial charge < -0.3 is 10.2 Å². The van der Waals surface area contributed by atoms with Gasteiger partial charge in [0.25, 0.3) is 0 Å². The fraction of sp³-hybridized carbons (Fsp3) is 0.633. The van der Waals surface area contributed by atoms with Crippen molar-refractivity contribution >= 4 is 52.7 Å². The smallest absolute Gasteiger partial charge is 0.249 e. The van der Waals surface area contributed by atoms with E-state index in [1.54, 1.807) is 38.4 Å². The molecule has 1 aromatic rings. The first-order valence-electron chi connectivity index (χ1n) is 14.3. The molecule has 3 atom stereocenters. The quantitative estimate of drug-likeness (QED) is 0.326. The molecule has 0 radical (unpaired) electrons. The summed E-state index contributed by atoms with van der Waals surface area (Å²) in [6, 6.07) is 7.80. The summed E-state index contributed by atoms with van der Waals surface area (Å²) in [5, 5.41) is 2.71. The summed E-state index contributed by atoms with van der Waals surface area (Å²) < 4.78 is 0.0492. The number of nitrogens with one attached hydrogen (secondary N) is 1. The van der Waals surface area contributed by atoms with Crippen LogP contribution >= 0.6 is 23.5 Å². The van der Waals surface area contributed by atoms with E-state index in [-0.39, 0.29) is 41.1 Å². The minimum atomic E-state index is -0.878. The summed E-state index contributed by atoms with van der Waals surface area (Å²) in [7, 11) is 3.22. The van der Waals surface area contributed by atoms with Gasteiger partial charge >= 0.3 is 0 Å². The van der Waals surface area contributed by atoms with Gasteiger partial charge in [0, 0.05) is 45.8 Å². The van der Waals surface area contributed by atoms with Gasteiger partial charge in [0.05, 0.1) is 10.1 Å². The van der Waals surface area contributed by atoms with E-state index in [0.717, 1.165) is 31.0 Å². The number of hydrogen-bond acceptors (Lipinski definition) is 8. The first kappa shape index (κ1) is 32.3. The predicted octanol–water partition coefficient (Wildman–Crippen LogP) is 3.89. The van der Waals surface area contributed by atoms with E-state index in [0.29, 0.717) is 18.4 Å². The van der Waals surface area contributed by atoms with Crippen molar-refractivity contribution in [2.75, 3.05) is 38.7 Å². The molecule has 1 unspecified atom stereocenters. The Kier molecular flexibility index (Phi) is 12.3. The normalized spacial score (nSPS) is 20.1. The van der Waals surface area contributed by atoms with Crippen molar-refractivity contribution in [1.82, 2.24) is 15.1 Å². The van der Waals surface area contributed by atoms with Gasteiger partial charge in [-0.2, -0.15) is 0 Å². The number of amides is 2. The van der Waals surface area contributed by atoms with Gasteiger partial charge in [-0.15, -0.1) is 23.5 Å². The standard InChI is InChI=1S/C30H43N3O5S2/c1-5-11-22(18-25(35)23-19-30(20-33(23)6-2)39-16-10-17-40-30)28(37)24(34)14-15-26(36)31-27(29(38)32(3)4)21-12-8-7-9-13-21/h7-9,12-13,22-23,27H,5-6,10-11,14-20H2,1-4H3,(H,31,36)/t22?,23-,27-/m0/s1. The Bertz CT molecular complexity index is 1060.